The highest BCUT2D eigenvalue weighted by molar-refractivity contribution is 6.32. The smallest absolute Gasteiger partial charge is 0.338 e. The summed E-state index contributed by atoms with van der Waals surface area (Å²) >= 11 is 5.99. The average molecular weight is 561 g/mol. The molecule has 0 aliphatic carbocycles. The molecule has 3 rings (SSSR count). The van der Waals surface area contributed by atoms with Crippen LogP contribution in [0.25, 0.3) is 0 Å². The van der Waals surface area contributed by atoms with Crippen molar-refractivity contribution in [3.63, 3.8) is 0 Å². The number of amides is 3. The molecule has 0 aromatic heterocycles. The van der Waals surface area contributed by atoms with Gasteiger partial charge in [0, 0.05) is 5.70 Å². The van der Waals surface area contributed by atoms with Gasteiger partial charge in [0.15, 0.2) is 29.6 Å². The SMILES string of the molecule is CCOC(=O)C1=C(C)NC(=O)N[C@H]1c1ccc(OCC(=O)N/N=C\c2cc(Cl)c(O)c(OCC)c2)c(OC)c1. The average Bonchev–Trinajstić information content (AvgIpc) is 2.89. The maximum atomic E-state index is 12.5. The number of halogens is 1. The van der Waals surface area contributed by atoms with Gasteiger partial charge < -0.3 is 34.7 Å². The van der Waals surface area contributed by atoms with E-state index in [0.717, 1.165) is 0 Å². The van der Waals surface area contributed by atoms with Crippen molar-refractivity contribution in [1.29, 1.82) is 0 Å². The van der Waals surface area contributed by atoms with Crippen LogP contribution in [0.3, 0.4) is 0 Å². The molecule has 2 aromatic carbocycles. The van der Waals surface area contributed by atoms with Gasteiger partial charge >= 0.3 is 12.0 Å². The van der Waals surface area contributed by atoms with Crippen LogP contribution >= 0.6 is 11.6 Å². The summed E-state index contributed by atoms with van der Waals surface area (Å²) in [5, 5.41) is 19.2. The maximum absolute atomic E-state index is 12.5. The Morgan fingerprint density at radius 1 is 1.13 bits per heavy atom. The van der Waals surface area contributed by atoms with Gasteiger partial charge in [0.1, 0.15) is 0 Å². The first-order valence-electron chi connectivity index (χ1n) is 11.9. The second-order valence-electron chi connectivity index (χ2n) is 8.07. The molecule has 0 saturated heterocycles. The molecule has 12 nitrogen and oxygen atoms in total. The van der Waals surface area contributed by atoms with Crippen molar-refractivity contribution in [3.8, 4) is 23.0 Å². The van der Waals surface area contributed by atoms with Gasteiger partial charge in [0.2, 0.25) is 0 Å². The third-order valence-electron chi connectivity index (χ3n) is 5.40. The first-order valence-corrected chi connectivity index (χ1v) is 12.3. The van der Waals surface area contributed by atoms with Gasteiger partial charge in [-0.15, -0.1) is 0 Å². The fourth-order valence-corrected chi connectivity index (χ4v) is 3.91. The summed E-state index contributed by atoms with van der Waals surface area (Å²) in [7, 11) is 1.42. The Hall–Kier alpha value is -4.45. The molecule has 1 aliphatic rings. The van der Waals surface area contributed by atoms with E-state index in [4.69, 9.17) is 30.5 Å². The van der Waals surface area contributed by atoms with E-state index >= 15 is 0 Å². The Morgan fingerprint density at radius 2 is 1.90 bits per heavy atom. The molecule has 208 valence electrons. The van der Waals surface area contributed by atoms with Crippen LogP contribution in [0, 0.1) is 0 Å². The minimum absolute atomic E-state index is 0.0803. The molecule has 1 atom stereocenters. The number of carbonyl (C=O) groups is 3. The van der Waals surface area contributed by atoms with Gasteiger partial charge in [-0.1, -0.05) is 17.7 Å². The van der Waals surface area contributed by atoms with E-state index in [0.29, 0.717) is 23.4 Å². The zero-order chi connectivity index (χ0) is 28.5. The fourth-order valence-electron chi connectivity index (χ4n) is 3.69. The number of esters is 1. The number of nitrogens with zero attached hydrogens (tertiary/aromatic N) is 1. The van der Waals surface area contributed by atoms with Crippen molar-refractivity contribution >= 4 is 35.7 Å². The second-order valence-corrected chi connectivity index (χ2v) is 8.47. The molecular formula is C26H29ClN4O8. The number of hydrogen-bond donors (Lipinski definition) is 4. The molecule has 4 N–H and O–H groups in total. The molecule has 13 heteroatoms. The van der Waals surface area contributed by atoms with Crippen LogP contribution in [0.4, 0.5) is 4.79 Å². The molecular weight excluding hydrogens is 532 g/mol. The highest BCUT2D eigenvalue weighted by atomic mass is 35.5. The molecule has 39 heavy (non-hydrogen) atoms. The number of nitrogens with one attached hydrogen (secondary N) is 3. The van der Waals surface area contributed by atoms with E-state index in [1.54, 1.807) is 39.0 Å². The third kappa shape index (κ3) is 7.32. The molecule has 0 radical (unpaired) electrons. The van der Waals surface area contributed by atoms with Crippen LogP contribution in [0.1, 0.15) is 37.9 Å². The van der Waals surface area contributed by atoms with Crippen LogP contribution in [-0.2, 0) is 14.3 Å². The van der Waals surface area contributed by atoms with E-state index in [1.165, 1.54) is 25.5 Å². The number of urea groups is 1. The number of phenols is 1. The first kappa shape index (κ1) is 29.1. The Kier molecular flexibility index (Phi) is 9.98. The molecule has 0 spiro atoms. The highest BCUT2D eigenvalue weighted by Crippen LogP contribution is 2.35. The lowest BCUT2D eigenvalue weighted by Crippen LogP contribution is -2.45. The number of hydrazone groups is 1. The Labute approximate surface area is 229 Å². The molecule has 1 heterocycles. The lowest BCUT2D eigenvalue weighted by atomic mass is 9.95. The lowest BCUT2D eigenvalue weighted by Gasteiger charge is -2.28. The number of ether oxygens (including phenoxy) is 4. The largest absolute Gasteiger partial charge is 0.503 e. The number of phenolic OH excluding ortho intramolecular Hbond substituents is 1. The number of hydrogen-bond acceptors (Lipinski definition) is 9. The standard InChI is InChI=1S/C26H29ClN4O8/c1-5-37-20-10-15(9-17(27)24(20)33)12-28-31-21(32)13-39-18-8-7-16(11-19(18)36-4)23-22(25(34)38-6-2)14(3)29-26(35)30-23/h7-12,23,33H,5-6,13H2,1-4H3,(H,31,32)(H2,29,30,35)/b28-12-/t23-/m0/s1. The van der Waals surface area contributed by atoms with Gasteiger partial charge in [-0.3, -0.25) is 4.79 Å². The number of allylic oxidation sites excluding steroid dienone is 1. The third-order valence-corrected chi connectivity index (χ3v) is 5.69. The van der Waals surface area contributed by atoms with E-state index in [9.17, 15) is 19.5 Å². The number of carbonyl (C=O) groups excluding carboxylic acids is 3. The minimum atomic E-state index is -0.782. The van der Waals surface area contributed by atoms with E-state index in [1.807, 2.05) is 0 Å². The maximum Gasteiger partial charge on any atom is 0.338 e. The zero-order valence-corrected chi connectivity index (χ0v) is 22.5. The first-order chi connectivity index (χ1) is 18.7. The van der Waals surface area contributed by atoms with Crippen molar-refractivity contribution in [1.82, 2.24) is 16.1 Å². The summed E-state index contributed by atoms with van der Waals surface area (Å²) in [6.07, 6.45) is 1.34. The summed E-state index contributed by atoms with van der Waals surface area (Å²) in [6.45, 7) is 5.19. The molecule has 0 saturated carbocycles. The van der Waals surface area contributed by atoms with Crippen molar-refractivity contribution in [2.24, 2.45) is 5.10 Å². The summed E-state index contributed by atoms with van der Waals surface area (Å²) in [6, 6.07) is 6.54. The zero-order valence-electron chi connectivity index (χ0n) is 21.8. The topological polar surface area (TPSA) is 157 Å². The fraction of sp³-hybridized carbons (Fsp3) is 0.308. The normalized spacial score (nSPS) is 14.9. The predicted molar refractivity (Wildman–Crippen MR) is 142 cm³/mol. The predicted octanol–water partition coefficient (Wildman–Crippen LogP) is 3.17. The second kappa shape index (κ2) is 13.4. The van der Waals surface area contributed by atoms with Crippen molar-refractivity contribution in [2.75, 3.05) is 26.9 Å². The van der Waals surface area contributed by atoms with Crippen molar-refractivity contribution in [2.45, 2.75) is 26.8 Å². The van der Waals surface area contributed by atoms with Gasteiger partial charge in [0.25, 0.3) is 5.91 Å². The van der Waals surface area contributed by atoms with E-state index in [-0.39, 0.29) is 46.8 Å². The van der Waals surface area contributed by atoms with E-state index < -0.39 is 23.9 Å². The molecule has 2 aromatic rings. The van der Waals surface area contributed by atoms with Crippen LogP contribution in [0.5, 0.6) is 23.0 Å². The Bertz CT molecular complexity index is 1310. The molecule has 0 bridgehead atoms. The van der Waals surface area contributed by atoms with Crippen LogP contribution in [0.2, 0.25) is 5.02 Å². The van der Waals surface area contributed by atoms with Crippen LogP contribution in [0.15, 0.2) is 46.7 Å². The number of benzene rings is 2. The lowest BCUT2D eigenvalue weighted by molar-refractivity contribution is -0.139. The summed E-state index contributed by atoms with van der Waals surface area (Å²) in [5.41, 5.74) is 4.01. The van der Waals surface area contributed by atoms with Gasteiger partial charge in [-0.2, -0.15) is 5.10 Å². The quantitative estimate of drug-likeness (QED) is 0.185. The van der Waals surface area contributed by atoms with Gasteiger partial charge in [-0.25, -0.2) is 15.0 Å². The van der Waals surface area contributed by atoms with Crippen LogP contribution < -0.4 is 30.3 Å². The van der Waals surface area contributed by atoms with Crippen molar-refractivity contribution < 1.29 is 38.4 Å². The number of rotatable bonds is 11. The molecule has 1 aliphatic heterocycles. The van der Waals surface area contributed by atoms with Gasteiger partial charge in [0.05, 0.1) is 43.2 Å². The summed E-state index contributed by atoms with van der Waals surface area (Å²) in [4.78, 5) is 36.9. The monoisotopic (exact) mass is 560 g/mol. The minimum Gasteiger partial charge on any atom is -0.503 e. The number of aromatic hydroxyl groups is 1. The van der Waals surface area contributed by atoms with E-state index in [2.05, 4.69) is 21.2 Å². The summed E-state index contributed by atoms with van der Waals surface area (Å²) in [5.74, 6) is -0.571. The molecule has 3 amide bonds. The van der Waals surface area contributed by atoms with Crippen LogP contribution in [-0.4, -0.2) is 56.2 Å². The molecule has 0 unspecified atom stereocenters. The Balaban J connectivity index is 1.68. The summed E-state index contributed by atoms with van der Waals surface area (Å²) < 4.78 is 21.5. The van der Waals surface area contributed by atoms with Crippen molar-refractivity contribution in [3.05, 3.63) is 57.8 Å². The molecule has 0 fully saturated rings. The Morgan fingerprint density at radius 3 is 2.59 bits per heavy atom. The highest BCUT2D eigenvalue weighted by Gasteiger charge is 2.32. The number of methoxy groups -OCH3 is 1. The van der Waals surface area contributed by atoms with Gasteiger partial charge in [-0.05, 0) is 56.2 Å².